The van der Waals surface area contributed by atoms with Crippen molar-refractivity contribution in [1.82, 2.24) is 19.9 Å². The lowest BCUT2D eigenvalue weighted by Crippen LogP contribution is -2.31. The van der Waals surface area contributed by atoms with Crippen molar-refractivity contribution in [1.29, 1.82) is 0 Å². The molecule has 0 unspecified atom stereocenters. The van der Waals surface area contributed by atoms with Crippen LogP contribution in [0.25, 0.3) is 11.4 Å². The SMILES string of the molecule is COc1ncc(F)cc1CN1CCc2nc(-c3ccc(N)cc3)ncc2C1. The fraction of sp³-hybridized carbons (Fsp3) is 0.250. The van der Waals surface area contributed by atoms with Gasteiger partial charge in [0.25, 0.3) is 0 Å². The Balaban J connectivity index is 1.52. The molecule has 1 aliphatic rings. The Morgan fingerprint density at radius 1 is 1.19 bits per heavy atom. The highest BCUT2D eigenvalue weighted by atomic mass is 19.1. The number of hydrogen-bond acceptors (Lipinski definition) is 6. The second kappa shape index (κ2) is 7.28. The van der Waals surface area contributed by atoms with E-state index in [9.17, 15) is 4.39 Å². The van der Waals surface area contributed by atoms with E-state index in [1.165, 1.54) is 12.3 Å². The van der Waals surface area contributed by atoms with Crippen molar-refractivity contribution in [3.63, 3.8) is 0 Å². The average Bonchev–Trinajstić information content (AvgIpc) is 2.68. The molecule has 0 atom stereocenters. The van der Waals surface area contributed by atoms with Gasteiger partial charge in [-0.3, -0.25) is 4.90 Å². The number of anilines is 1. The summed E-state index contributed by atoms with van der Waals surface area (Å²) in [6, 6.07) is 9.02. The minimum Gasteiger partial charge on any atom is -0.481 e. The fourth-order valence-electron chi connectivity index (χ4n) is 3.29. The molecule has 0 saturated heterocycles. The van der Waals surface area contributed by atoms with Crippen LogP contribution in [0.5, 0.6) is 5.88 Å². The van der Waals surface area contributed by atoms with E-state index in [0.29, 0.717) is 24.8 Å². The number of nitrogen functional groups attached to an aromatic ring is 1. The van der Waals surface area contributed by atoms with Gasteiger partial charge in [0.15, 0.2) is 5.82 Å². The number of fused-ring (bicyclic) bond motifs is 1. The Morgan fingerprint density at radius 2 is 2.00 bits per heavy atom. The third kappa shape index (κ3) is 3.73. The Labute approximate surface area is 156 Å². The summed E-state index contributed by atoms with van der Waals surface area (Å²) in [5, 5.41) is 0. The maximum Gasteiger partial charge on any atom is 0.217 e. The highest BCUT2D eigenvalue weighted by molar-refractivity contribution is 5.58. The zero-order valence-corrected chi connectivity index (χ0v) is 15.0. The molecule has 4 rings (SSSR count). The van der Waals surface area contributed by atoms with Crippen LogP contribution < -0.4 is 10.5 Å². The minimum atomic E-state index is -0.361. The molecule has 0 fully saturated rings. The van der Waals surface area contributed by atoms with Gasteiger partial charge >= 0.3 is 0 Å². The number of ether oxygens (including phenoxy) is 1. The van der Waals surface area contributed by atoms with Gasteiger partial charge in [-0.1, -0.05) is 0 Å². The lowest BCUT2D eigenvalue weighted by molar-refractivity contribution is 0.237. The number of halogens is 1. The van der Waals surface area contributed by atoms with Crippen LogP contribution in [-0.2, 0) is 19.5 Å². The van der Waals surface area contributed by atoms with Gasteiger partial charge < -0.3 is 10.5 Å². The molecule has 0 amide bonds. The van der Waals surface area contributed by atoms with Gasteiger partial charge in [0.05, 0.1) is 19.0 Å². The predicted octanol–water partition coefficient (Wildman–Crippen LogP) is 2.83. The topological polar surface area (TPSA) is 77.2 Å². The van der Waals surface area contributed by atoms with Gasteiger partial charge in [0.1, 0.15) is 5.82 Å². The summed E-state index contributed by atoms with van der Waals surface area (Å²) >= 11 is 0. The number of rotatable bonds is 4. The van der Waals surface area contributed by atoms with Gasteiger partial charge in [0.2, 0.25) is 5.88 Å². The average molecular weight is 365 g/mol. The molecular weight excluding hydrogens is 345 g/mol. The summed E-state index contributed by atoms with van der Waals surface area (Å²) in [5.41, 5.74) is 10.3. The number of aromatic nitrogens is 3. The number of benzene rings is 1. The third-order valence-corrected chi connectivity index (χ3v) is 4.66. The van der Waals surface area contributed by atoms with E-state index in [1.54, 1.807) is 7.11 Å². The molecule has 2 aromatic heterocycles. The van der Waals surface area contributed by atoms with Crippen molar-refractivity contribution in [3.05, 3.63) is 65.4 Å². The first-order valence-corrected chi connectivity index (χ1v) is 8.74. The van der Waals surface area contributed by atoms with Crippen molar-refractivity contribution in [3.8, 4) is 17.3 Å². The van der Waals surface area contributed by atoms with Gasteiger partial charge in [0, 0.05) is 54.6 Å². The minimum absolute atomic E-state index is 0.361. The van der Waals surface area contributed by atoms with E-state index in [0.717, 1.165) is 41.0 Å². The van der Waals surface area contributed by atoms with Crippen LogP contribution in [0, 0.1) is 5.82 Å². The zero-order valence-electron chi connectivity index (χ0n) is 15.0. The Bertz CT molecular complexity index is 961. The standard InChI is InChI=1S/C20H20FN5O/c1-27-20-14(8-16(21)10-24-20)11-26-7-6-18-15(12-26)9-23-19(25-18)13-2-4-17(22)5-3-13/h2-5,8-10H,6-7,11-12,22H2,1H3. The molecule has 3 aromatic rings. The molecule has 1 aromatic carbocycles. The number of pyridine rings is 1. The van der Waals surface area contributed by atoms with E-state index in [1.807, 2.05) is 30.5 Å². The van der Waals surface area contributed by atoms with Crippen molar-refractivity contribution in [2.45, 2.75) is 19.5 Å². The van der Waals surface area contributed by atoms with Crippen LogP contribution in [0.15, 0.2) is 42.7 Å². The van der Waals surface area contributed by atoms with E-state index in [2.05, 4.69) is 14.9 Å². The molecule has 0 radical (unpaired) electrons. The highest BCUT2D eigenvalue weighted by Crippen LogP contribution is 2.24. The summed E-state index contributed by atoms with van der Waals surface area (Å²) in [4.78, 5) is 15.4. The molecule has 27 heavy (non-hydrogen) atoms. The molecule has 0 bridgehead atoms. The van der Waals surface area contributed by atoms with Crippen molar-refractivity contribution in [2.75, 3.05) is 19.4 Å². The molecule has 0 aliphatic carbocycles. The lowest BCUT2D eigenvalue weighted by atomic mass is 10.1. The van der Waals surface area contributed by atoms with E-state index >= 15 is 0 Å². The van der Waals surface area contributed by atoms with Crippen LogP contribution in [0.4, 0.5) is 10.1 Å². The molecule has 7 heteroatoms. The quantitative estimate of drug-likeness (QED) is 0.717. The predicted molar refractivity (Wildman–Crippen MR) is 100 cm³/mol. The van der Waals surface area contributed by atoms with Crippen molar-refractivity contribution < 1.29 is 9.13 Å². The third-order valence-electron chi connectivity index (χ3n) is 4.66. The van der Waals surface area contributed by atoms with Gasteiger partial charge in [-0.2, -0.15) is 0 Å². The number of hydrogen-bond donors (Lipinski definition) is 1. The summed E-state index contributed by atoms with van der Waals surface area (Å²) in [6.45, 7) is 2.09. The number of methoxy groups -OCH3 is 1. The number of nitrogens with zero attached hydrogens (tertiary/aromatic N) is 4. The second-order valence-electron chi connectivity index (χ2n) is 6.57. The molecule has 0 spiro atoms. The van der Waals surface area contributed by atoms with Crippen molar-refractivity contribution >= 4 is 5.69 Å². The van der Waals surface area contributed by atoms with Crippen LogP contribution in [-0.4, -0.2) is 33.5 Å². The summed E-state index contributed by atoms with van der Waals surface area (Å²) in [7, 11) is 1.54. The smallest absolute Gasteiger partial charge is 0.217 e. The molecule has 2 N–H and O–H groups in total. The number of nitrogens with two attached hydrogens (primary N) is 1. The van der Waals surface area contributed by atoms with Gasteiger partial charge in [-0.25, -0.2) is 19.3 Å². The first-order valence-electron chi connectivity index (χ1n) is 8.74. The molecule has 0 saturated carbocycles. The molecule has 3 heterocycles. The monoisotopic (exact) mass is 365 g/mol. The maximum atomic E-state index is 13.5. The highest BCUT2D eigenvalue weighted by Gasteiger charge is 2.20. The first kappa shape index (κ1) is 17.4. The van der Waals surface area contributed by atoms with Crippen LogP contribution >= 0.6 is 0 Å². The van der Waals surface area contributed by atoms with Crippen molar-refractivity contribution in [2.24, 2.45) is 0 Å². The molecule has 138 valence electrons. The second-order valence-corrected chi connectivity index (χ2v) is 6.57. The molecule has 1 aliphatic heterocycles. The van der Waals surface area contributed by atoms with Crippen LogP contribution in [0.1, 0.15) is 16.8 Å². The zero-order chi connectivity index (χ0) is 18.8. The van der Waals surface area contributed by atoms with Crippen LogP contribution in [0.2, 0.25) is 0 Å². The van der Waals surface area contributed by atoms with Gasteiger partial charge in [-0.05, 0) is 30.3 Å². The normalized spacial score (nSPS) is 14.0. The van der Waals surface area contributed by atoms with E-state index in [4.69, 9.17) is 15.5 Å². The Morgan fingerprint density at radius 3 is 2.78 bits per heavy atom. The maximum absolute atomic E-state index is 13.5. The lowest BCUT2D eigenvalue weighted by Gasteiger charge is -2.28. The summed E-state index contributed by atoms with van der Waals surface area (Å²) < 4.78 is 18.8. The van der Waals surface area contributed by atoms with Crippen LogP contribution in [0.3, 0.4) is 0 Å². The Kier molecular flexibility index (Phi) is 4.68. The Hall–Kier alpha value is -3.06. The summed E-state index contributed by atoms with van der Waals surface area (Å²) in [5.74, 6) is 0.801. The largest absolute Gasteiger partial charge is 0.481 e. The van der Waals surface area contributed by atoms with E-state index in [-0.39, 0.29) is 5.82 Å². The van der Waals surface area contributed by atoms with E-state index < -0.39 is 0 Å². The fourth-order valence-corrected chi connectivity index (χ4v) is 3.29. The van der Waals surface area contributed by atoms with Gasteiger partial charge in [-0.15, -0.1) is 0 Å². The molecular formula is C20H20FN5O. The first-order chi connectivity index (χ1) is 13.1. The molecule has 6 nitrogen and oxygen atoms in total. The summed E-state index contributed by atoms with van der Waals surface area (Å²) in [6.07, 6.45) is 3.85.